The molecule has 174 valence electrons. The first-order valence-electron chi connectivity index (χ1n) is 11.7. The highest BCUT2D eigenvalue weighted by molar-refractivity contribution is 6.46. The number of ether oxygens (including phenoxy) is 1. The summed E-state index contributed by atoms with van der Waals surface area (Å²) in [5, 5.41) is 11.1. The van der Waals surface area contributed by atoms with Gasteiger partial charge in [0.15, 0.2) is 0 Å². The van der Waals surface area contributed by atoms with Crippen LogP contribution in [0.2, 0.25) is 0 Å². The van der Waals surface area contributed by atoms with Gasteiger partial charge in [-0.15, -0.1) is 0 Å². The molecule has 1 N–H and O–H groups in total. The molecule has 1 heterocycles. The molecule has 0 aliphatic carbocycles. The molecule has 1 fully saturated rings. The Morgan fingerprint density at radius 1 is 0.941 bits per heavy atom. The van der Waals surface area contributed by atoms with Gasteiger partial charge in [-0.25, -0.2) is 0 Å². The Morgan fingerprint density at radius 3 is 2.35 bits per heavy atom. The largest absolute Gasteiger partial charge is 0.507 e. The number of aliphatic hydroxyl groups is 1. The highest BCUT2D eigenvalue weighted by Crippen LogP contribution is 2.40. The number of Topliss-reactive ketones (excluding diaryl/α,β-unsaturated/α-hetero) is 1. The van der Waals surface area contributed by atoms with Gasteiger partial charge >= 0.3 is 0 Å². The van der Waals surface area contributed by atoms with E-state index in [2.05, 4.69) is 6.92 Å². The molecule has 4 rings (SSSR count). The zero-order valence-corrected chi connectivity index (χ0v) is 19.3. The molecule has 3 aromatic carbocycles. The van der Waals surface area contributed by atoms with E-state index in [4.69, 9.17) is 4.74 Å². The van der Waals surface area contributed by atoms with E-state index in [-0.39, 0.29) is 11.3 Å². The lowest BCUT2D eigenvalue weighted by Gasteiger charge is -2.26. The molecule has 1 unspecified atom stereocenters. The average Bonchev–Trinajstić information content (AvgIpc) is 3.13. The summed E-state index contributed by atoms with van der Waals surface area (Å²) in [6.45, 7) is 3.05. The predicted octanol–water partition coefficient (Wildman–Crippen LogP) is 5.53. The summed E-state index contributed by atoms with van der Waals surface area (Å²) in [6.07, 6.45) is 2.56. The van der Waals surface area contributed by atoms with E-state index in [0.29, 0.717) is 30.9 Å². The summed E-state index contributed by atoms with van der Waals surface area (Å²) in [5.74, 6) is -0.754. The summed E-state index contributed by atoms with van der Waals surface area (Å²) in [6, 6.07) is 25.5. The Labute approximate surface area is 200 Å². The summed E-state index contributed by atoms with van der Waals surface area (Å²) >= 11 is 0. The van der Waals surface area contributed by atoms with Crippen molar-refractivity contribution in [3.8, 4) is 5.75 Å². The molecule has 0 radical (unpaired) electrons. The Hall–Kier alpha value is -3.86. The Bertz CT molecular complexity index is 1170. The number of nitrogens with zero attached hydrogens (tertiary/aromatic N) is 1. The summed E-state index contributed by atoms with van der Waals surface area (Å²) in [5.41, 5.74) is 2.42. The maximum absolute atomic E-state index is 13.2. The fourth-order valence-corrected chi connectivity index (χ4v) is 4.21. The zero-order chi connectivity index (χ0) is 23.9. The van der Waals surface area contributed by atoms with Crippen LogP contribution in [0.3, 0.4) is 0 Å². The molecule has 0 spiro atoms. The monoisotopic (exact) mass is 455 g/mol. The summed E-state index contributed by atoms with van der Waals surface area (Å²) < 4.78 is 5.88. The molecule has 1 saturated heterocycles. The Balaban J connectivity index is 1.74. The van der Waals surface area contributed by atoms with Crippen LogP contribution in [-0.2, 0) is 16.0 Å². The number of unbranched alkanes of at least 4 members (excludes halogenated alkanes) is 1. The number of ketones is 1. The van der Waals surface area contributed by atoms with Crippen LogP contribution in [0.5, 0.6) is 5.75 Å². The maximum Gasteiger partial charge on any atom is 0.295 e. The third-order valence-electron chi connectivity index (χ3n) is 6.01. The van der Waals surface area contributed by atoms with E-state index < -0.39 is 17.7 Å². The fraction of sp³-hybridized carbons (Fsp3) is 0.241. The SMILES string of the molecule is CCCCOc1cccc(C2/C(=C(\O)c3ccccc3)C(=O)C(=O)N2CCc2ccccc2)c1. The number of hydrogen-bond acceptors (Lipinski definition) is 4. The van der Waals surface area contributed by atoms with Crippen molar-refractivity contribution in [3.63, 3.8) is 0 Å². The van der Waals surface area contributed by atoms with Gasteiger partial charge in [0.05, 0.1) is 18.2 Å². The van der Waals surface area contributed by atoms with Crippen LogP contribution in [0.4, 0.5) is 0 Å². The van der Waals surface area contributed by atoms with Crippen LogP contribution < -0.4 is 4.74 Å². The molecule has 3 aromatic rings. The van der Waals surface area contributed by atoms with Crippen LogP contribution in [0.1, 0.15) is 42.5 Å². The van der Waals surface area contributed by atoms with Gasteiger partial charge in [0.1, 0.15) is 11.5 Å². The van der Waals surface area contributed by atoms with Crippen LogP contribution >= 0.6 is 0 Å². The fourth-order valence-electron chi connectivity index (χ4n) is 4.21. The number of amides is 1. The lowest BCUT2D eigenvalue weighted by atomic mass is 9.95. The molecule has 5 nitrogen and oxygen atoms in total. The van der Waals surface area contributed by atoms with E-state index in [0.717, 1.165) is 24.0 Å². The van der Waals surface area contributed by atoms with Crippen LogP contribution in [0.15, 0.2) is 90.5 Å². The zero-order valence-electron chi connectivity index (χ0n) is 19.3. The number of carbonyl (C=O) groups is 2. The molecule has 1 aliphatic heterocycles. The smallest absolute Gasteiger partial charge is 0.295 e. The predicted molar refractivity (Wildman–Crippen MR) is 132 cm³/mol. The van der Waals surface area contributed by atoms with Crippen molar-refractivity contribution in [2.45, 2.75) is 32.2 Å². The highest BCUT2D eigenvalue weighted by atomic mass is 16.5. The van der Waals surface area contributed by atoms with E-state index in [1.165, 1.54) is 0 Å². The number of benzene rings is 3. The van der Waals surface area contributed by atoms with Gasteiger partial charge in [-0.3, -0.25) is 9.59 Å². The van der Waals surface area contributed by atoms with Crippen molar-refractivity contribution in [1.29, 1.82) is 0 Å². The van der Waals surface area contributed by atoms with Crippen LogP contribution in [-0.4, -0.2) is 34.8 Å². The van der Waals surface area contributed by atoms with E-state index >= 15 is 0 Å². The highest BCUT2D eigenvalue weighted by Gasteiger charge is 2.45. The molecule has 1 atom stereocenters. The molecule has 34 heavy (non-hydrogen) atoms. The number of hydrogen-bond donors (Lipinski definition) is 1. The second kappa shape index (κ2) is 10.8. The van der Waals surface area contributed by atoms with Crippen molar-refractivity contribution in [2.75, 3.05) is 13.2 Å². The second-order valence-electron chi connectivity index (χ2n) is 8.37. The van der Waals surface area contributed by atoms with Gasteiger partial charge in [0, 0.05) is 12.1 Å². The molecule has 5 heteroatoms. The third-order valence-corrected chi connectivity index (χ3v) is 6.01. The van der Waals surface area contributed by atoms with Gasteiger partial charge in [-0.2, -0.15) is 0 Å². The summed E-state index contributed by atoms with van der Waals surface area (Å²) in [7, 11) is 0. The molecule has 0 aromatic heterocycles. The number of rotatable bonds is 9. The van der Waals surface area contributed by atoms with Crippen molar-refractivity contribution in [2.24, 2.45) is 0 Å². The van der Waals surface area contributed by atoms with E-state index in [1.807, 2.05) is 60.7 Å². The van der Waals surface area contributed by atoms with Gasteiger partial charge in [0.25, 0.3) is 11.7 Å². The Kier molecular flexibility index (Phi) is 7.43. The molecule has 0 saturated carbocycles. The maximum atomic E-state index is 13.2. The molecule has 0 bridgehead atoms. The normalized spacial score (nSPS) is 17.2. The first kappa shape index (κ1) is 23.3. The molecule has 1 amide bonds. The van der Waals surface area contributed by atoms with Gasteiger partial charge in [0.2, 0.25) is 0 Å². The van der Waals surface area contributed by atoms with Crippen molar-refractivity contribution >= 4 is 17.4 Å². The van der Waals surface area contributed by atoms with Crippen molar-refractivity contribution in [1.82, 2.24) is 4.90 Å². The van der Waals surface area contributed by atoms with Crippen molar-refractivity contribution in [3.05, 3.63) is 107 Å². The number of likely N-dealkylation sites (tertiary alicyclic amines) is 1. The lowest BCUT2D eigenvalue weighted by Crippen LogP contribution is -2.31. The molecule has 1 aliphatic rings. The Morgan fingerprint density at radius 2 is 1.65 bits per heavy atom. The standard InChI is InChI=1S/C29H29NO4/c1-2-3-19-34-24-16-10-15-23(20-24)26-25(27(31)22-13-8-5-9-14-22)28(32)29(33)30(26)18-17-21-11-6-4-7-12-21/h4-16,20,26,31H,2-3,17-19H2,1H3/b27-25+. The molecular weight excluding hydrogens is 426 g/mol. The van der Waals surface area contributed by atoms with Gasteiger partial charge in [-0.1, -0.05) is 86.1 Å². The second-order valence-corrected chi connectivity index (χ2v) is 8.37. The summed E-state index contributed by atoms with van der Waals surface area (Å²) in [4.78, 5) is 27.9. The number of carbonyl (C=O) groups excluding carboxylic acids is 2. The lowest BCUT2D eigenvalue weighted by molar-refractivity contribution is -0.139. The number of aliphatic hydroxyl groups excluding tert-OH is 1. The van der Waals surface area contributed by atoms with E-state index in [1.54, 1.807) is 29.2 Å². The third kappa shape index (κ3) is 5.04. The molecular formula is C29H29NO4. The minimum atomic E-state index is -0.696. The van der Waals surface area contributed by atoms with Crippen molar-refractivity contribution < 1.29 is 19.4 Å². The topological polar surface area (TPSA) is 66.8 Å². The quantitative estimate of drug-likeness (QED) is 0.199. The van der Waals surface area contributed by atoms with Crippen LogP contribution in [0.25, 0.3) is 5.76 Å². The van der Waals surface area contributed by atoms with Gasteiger partial charge in [-0.05, 0) is 36.1 Å². The van der Waals surface area contributed by atoms with Gasteiger partial charge < -0.3 is 14.7 Å². The minimum Gasteiger partial charge on any atom is -0.507 e. The van der Waals surface area contributed by atoms with E-state index in [9.17, 15) is 14.7 Å². The first-order valence-corrected chi connectivity index (χ1v) is 11.7. The van der Waals surface area contributed by atoms with Crippen LogP contribution in [0, 0.1) is 0 Å². The first-order chi connectivity index (χ1) is 16.6. The average molecular weight is 456 g/mol. The minimum absolute atomic E-state index is 0.106.